The van der Waals surface area contributed by atoms with E-state index in [1.165, 1.54) is 0 Å². The van der Waals surface area contributed by atoms with Gasteiger partial charge in [-0.15, -0.1) is 0 Å². The fourth-order valence-electron chi connectivity index (χ4n) is 4.26. The third-order valence-corrected chi connectivity index (χ3v) is 5.69. The molecule has 142 valence electrons. The molecular formula is C20H23N3O4. The van der Waals surface area contributed by atoms with E-state index in [0.29, 0.717) is 18.0 Å². The summed E-state index contributed by atoms with van der Waals surface area (Å²) in [6.07, 6.45) is 1.76. The van der Waals surface area contributed by atoms with Crippen molar-refractivity contribution in [1.29, 1.82) is 0 Å². The van der Waals surface area contributed by atoms with Crippen LogP contribution < -0.4 is 4.74 Å². The Kier molecular flexibility index (Phi) is 4.17. The molecule has 7 nitrogen and oxygen atoms in total. The van der Waals surface area contributed by atoms with E-state index in [1.54, 1.807) is 16.6 Å². The van der Waals surface area contributed by atoms with Crippen molar-refractivity contribution in [1.82, 2.24) is 14.7 Å². The van der Waals surface area contributed by atoms with Gasteiger partial charge in [0.15, 0.2) is 0 Å². The van der Waals surface area contributed by atoms with E-state index in [2.05, 4.69) is 12.0 Å². The quantitative estimate of drug-likeness (QED) is 0.892. The van der Waals surface area contributed by atoms with Gasteiger partial charge < -0.3 is 14.7 Å². The summed E-state index contributed by atoms with van der Waals surface area (Å²) in [5.74, 6) is -0.680. The van der Waals surface area contributed by atoms with Crippen LogP contribution in [0, 0.1) is 5.41 Å². The van der Waals surface area contributed by atoms with E-state index in [4.69, 9.17) is 4.74 Å². The Hall–Kier alpha value is -2.83. The Balaban J connectivity index is 1.67. The molecule has 3 heterocycles. The van der Waals surface area contributed by atoms with Gasteiger partial charge in [0, 0.05) is 31.6 Å². The fourth-order valence-corrected chi connectivity index (χ4v) is 4.26. The molecule has 2 aromatic rings. The standard InChI is InChI=1S/C20H23N3O4/c1-3-6-13-9-16(22(2)21-13)18(24)23-10-15-14-7-4-5-8-17(14)27-12-20(15,11-23)19(25)26/h4-5,7-9,15H,3,6,10-12H2,1-2H3,(H,25,26)/t15-,20-/m1/s1. The minimum Gasteiger partial charge on any atom is -0.492 e. The Morgan fingerprint density at radius 2 is 2.15 bits per heavy atom. The van der Waals surface area contributed by atoms with Crippen molar-refractivity contribution in [2.75, 3.05) is 19.7 Å². The topological polar surface area (TPSA) is 84.7 Å². The largest absolute Gasteiger partial charge is 0.492 e. The van der Waals surface area contributed by atoms with Crippen molar-refractivity contribution in [3.8, 4) is 5.75 Å². The first kappa shape index (κ1) is 17.6. The van der Waals surface area contributed by atoms with Crippen LogP contribution in [0.1, 0.15) is 41.0 Å². The zero-order chi connectivity index (χ0) is 19.2. The molecule has 1 aromatic carbocycles. The number of para-hydroxylation sites is 1. The lowest BCUT2D eigenvalue weighted by Crippen LogP contribution is -2.46. The van der Waals surface area contributed by atoms with Gasteiger partial charge in [0.1, 0.15) is 23.5 Å². The van der Waals surface area contributed by atoms with Crippen LogP contribution in [-0.4, -0.2) is 51.4 Å². The summed E-state index contributed by atoms with van der Waals surface area (Å²) in [7, 11) is 1.75. The van der Waals surface area contributed by atoms with Gasteiger partial charge >= 0.3 is 5.97 Å². The molecule has 1 amide bonds. The second kappa shape index (κ2) is 6.40. The lowest BCUT2D eigenvalue weighted by atomic mass is 9.73. The number of benzene rings is 1. The second-order valence-electron chi connectivity index (χ2n) is 7.42. The maximum Gasteiger partial charge on any atom is 0.315 e. The maximum absolute atomic E-state index is 13.1. The summed E-state index contributed by atoms with van der Waals surface area (Å²) < 4.78 is 7.35. The predicted octanol–water partition coefficient (Wildman–Crippen LogP) is 2.08. The van der Waals surface area contributed by atoms with Gasteiger partial charge in [0.2, 0.25) is 0 Å². The van der Waals surface area contributed by atoms with E-state index in [9.17, 15) is 14.7 Å². The van der Waals surface area contributed by atoms with Gasteiger partial charge in [-0.25, -0.2) is 0 Å². The normalized spacial score (nSPS) is 23.5. The summed E-state index contributed by atoms with van der Waals surface area (Å²) in [5.41, 5.74) is 1.11. The lowest BCUT2D eigenvalue weighted by molar-refractivity contribution is -0.151. The first-order valence-corrected chi connectivity index (χ1v) is 9.23. The van der Waals surface area contributed by atoms with Gasteiger partial charge in [-0.05, 0) is 18.6 Å². The summed E-state index contributed by atoms with van der Waals surface area (Å²) in [4.78, 5) is 27.0. The van der Waals surface area contributed by atoms with Crippen molar-refractivity contribution in [3.63, 3.8) is 0 Å². The molecule has 1 aromatic heterocycles. The average molecular weight is 369 g/mol. The van der Waals surface area contributed by atoms with Crippen LogP contribution >= 0.6 is 0 Å². The van der Waals surface area contributed by atoms with Crippen LogP contribution in [0.5, 0.6) is 5.75 Å². The first-order valence-electron chi connectivity index (χ1n) is 9.23. The molecule has 2 atom stereocenters. The summed E-state index contributed by atoms with van der Waals surface area (Å²) in [6.45, 7) is 2.63. The maximum atomic E-state index is 13.1. The van der Waals surface area contributed by atoms with Gasteiger partial charge in [-0.3, -0.25) is 14.3 Å². The number of ether oxygens (including phenoxy) is 1. The molecule has 0 bridgehead atoms. The van der Waals surface area contributed by atoms with Crippen molar-refractivity contribution in [3.05, 3.63) is 47.3 Å². The molecule has 1 fully saturated rings. The SMILES string of the molecule is CCCc1cc(C(=O)N2C[C@@H]3c4ccccc4OC[C@]3(C(=O)O)C2)n(C)n1. The number of hydrogen-bond donors (Lipinski definition) is 1. The van der Waals surface area contributed by atoms with Crippen LogP contribution in [0.25, 0.3) is 0 Å². The highest BCUT2D eigenvalue weighted by molar-refractivity contribution is 5.94. The number of aromatic nitrogens is 2. The molecule has 2 aliphatic heterocycles. The van der Waals surface area contributed by atoms with Crippen LogP contribution in [0.4, 0.5) is 0 Å². The minimum absolute atomic E-state index is 0.0697. The van der Waals surface area contributed by atoms with Gasteiger partial charge in [-0.1, -0.05) is 31.5 Å². The minimum atomic E-state index is -1.12. The number of amides is 1. The molecule has 1 N–H and O–H groups in total. The first-order chi connectivity index (χ1) is 13.0. The van der Waals surface area contributed by atoms with Crippen molar-refractivity contribution >= 4 is 11.9 Å². The monoisotopic (exact) mass is 369 g/mol. The summed E-state index contributed by atoms with van der Waals surface area (Å²) >= 11 is 0. The number of aryl methyl sites for hydroxylation is 2. The van der Waals surface area contributed by atoms with Crippen molar-refractivity contribution < 1.29 is 19.4 Å². The number of hydrogen-bond acceptors (Lipinski definition) is 4. The zero-order valence-corrected chi connectivity index (χ0v) is 15.5. The Bertz CT molecular complexity index is 906. The number of rotatable bonds is 4. The van der Waals surface area contributed by atoms with E-state index in [0.717, 1.165) is 24.1 Å². The number of carboxylic acid groups (broad SMARTS) is 1. The van der Waals surface area contributed by atoms with Crippen LogP contribution in [0.3, 0.4) is 0 Å². The number of fused-ring (bicyclic) bond motifs is 3. The van der Waals surface area contributed by atoms with E-state index < -0.39 is 11.4 Å². The number of likely N-dealkylation sites (tertiary alicyclic amines) is 1. The third-order valence-electron chi connectivity index (χ3n) is 5.69. The molecule has 7 heteroatoms. The van der Waals surface area contributed by atoms with Crippen LogP contribution in [0.15, 0.2) is 30.3 Å². The summed E-state index contributed by atoms with van der Waals surface area (Å²) in [5, 5.41) is 14.4. The fraction of sp³-hybridized carbons (Fsp3) is 0.450. The average Bonchev–Trinajstić information content (AvgIpc) is 3.23. The molecule has 0 radical (unpaired) electrons. The number of carbonyl (C=O) groups excluding carboxylic acids is 1. The number of aliphatic carboxylic acids is 1. The predicted molar refractivity (Wildman–Crippen MR) is 97.9 cm³/mol. The van der Waals surface area contributed by atoms with Crippen molar-refractivity contribution in [2.24, 2.45) is 12.5 Å². The van der Waals surface area contributed by atoms with Crippen molar-refractivity contribution in [2.45, 2.75) is 25.7 Å². The van der Waals surface area contributed by atoms with Gasteiger partial charge in [-0.2, -0.15) is 5.10 Å². The third kappa shape index (κ3) is 2.69. The molecule has 0 saturated carbocycles. The number of carboxylic acids is 1. The molecule has 27 heavy (non-hydrogen) atoms. The summed E-state index contributed by atoms with van der Waals surface area (Å²) in [6, 6.07) is 9.31. The van der Waals surface area contributed by atoms with Gasteiger partial charge in [0.05, 0.1) is 5.69 Å². The number of carbonyl (C=O) groups is 2. The molecule has 2 aliphatic rings. The van der Waals surface area contributed by atoms with Gasteiger partial charge in [0.25, 0.3) is 5.91 Å². The molecular weight excluding hydrogens is 346 g/mol. The Morgan fingerprint density at radius 1 is 1.37 bits per heavy atom. The molecule has 0 spiro atoms. The molecule has 0 aliphatic carbocycles. The zero-order valence-electron chi connectivity index (χ0n) is 15.5. The molecule has 4 rings (SSSR count). The second-order valence-corrected chi connectivity index (χ2v) is 7.42. The highest BCUT2D eigenvalue weighted by atomic mass is 16.5. The van der Waals surface area contributed by atoms with E-state index in [1.807, 2.05) is 30.3 Å². The van der Waals surface area contributed by atoms with E-state index >= 15 is 0 Å². The highest BCUT2D eigenvalue weighted by Crippen LogP contribution is 2.49. The smallest absolute Gasteiger partial charge is 0.315 e. The van der Waals surface area contributed by atoms with Crippen LogP contribution in [-0.2, 0) is 18.3 Å². The van der Waals surface area contributed by atoms with E-state index in [-0.39, 0.29) is 25.0 Å². The van der Waals surface area contributed by atoms with Crippen LogP contribution in [0.2, 0.25) is 0 Å². The highest BCUT2D eigenvalue weighted by Gasteiger charge is 2.57. The number of nitrogens with zero attached hydrogens (tertiary/aromatic N) is 3. The Labute approximate surface area is 157 Å². The lowest BCUT2D eigenvalue weighted by Gasteiger charge is -2.35. The Morgan fingerprint density at radius 3 is 2.89 bits per heavy atom. The molecule has 1 saturated heterocycles. The molecule has 0 unspecified atom stereocenters.